The van der Waals surface area contributed by atoms with Crippen LogP contribution >= 0.6 is 27.5 Å². The molecule has 0 aliphatic rings. The zero-order valence-corrected chi connectivity index (χ0v) is 12.0. The zero-order valence-electron chi connectivity index (χ0n) is 9.71. The lowest BCUT2D eigenvalue weighted by atomic mass is 10.0. The molecule has 0 spiro atoms. The van der Waals surface area contributed by atoms with Gasteiger partial charge in [-0.15, -0.1) is 0 Å². The van der Waals surface area contributed by atoms with Gasteiger partial charge in [0, 0.05) is 23.2 Å². The molecule has 17 heavy (non-hydrogen) atoms. The molecule has 0 fully saturated rings. The number of ether oxygens (including phenoxy) is 1. The summed E-state index contributed by atoms with van der Waals surface area (Å²) < 4.78 is 5.85. The SMILES string of the molecule is COCC(C)C(C#N)Nc1ccc(Cl)c(Br)c1. The predicted octanol–water partition coefficient (Wildman–Crippen LogP) is 3.69. The standard InChI is InChI=1S/C12H14BrClN2O/c1-8(7-17-2)12(6-15)16-9-3-4-11(14)10(13)5-9/h3-5,8,12,16H,7H2,1-2H3. The minimum Gasteiger partial charge on any atom is -0.384 e. The van der Waals surface area contributed by atoms with Crippen LogP contribution in [0.25, 0.3) is 0 Å². The maximum Gasteiger partial charge on any atom is 0.119 e. The molecule has 0 radical (unpaired) electrons. The Morgan fingerprint density at radius 1 is 1.59 bits per heavy atom. The average Bonchev–Trinajstić information content (AvgIpc) is 2.30. The van der Waals surface area contributed by atoms with E-state index < -0.39 is 0 Å². The molecule has 0 heterocycles. The number of nitrogens with one attached hydrogen (secondary N) is 1. The first-order valence-electron chi connectivity index (χ1n) is 5.18. The fourth-order valence-electron chi connectivity index (χ4n) is 1.43. The number of nitriles is 1. The fraction of sp³-hybridized carbons (Fsp3) is 0.417. The van der Waals surface area contributed by atoms with Crippen LogP contribution < -0.4 is 5.32 Å². The van der Waals surface area contributed by atoms with Crippen molar-refractivity contribution in [1.82, 2.24) is 0 Å². The third kappa shape index (κ3) is 4.19. The van der Waals surface area contributed by atoms with Crippen molar-refractivity contribution in [2.45, 2.75) is 13.0 Å². The van der Waals surface area contributed by atoms with Crippen LogP contribution in [0.1, 0.15) is 6.92 Å². The number of hydrogen-bond acceptors (Lipinski definition) is 3. The zero-order chi connectivity index (χ0) is 12.8. The minimum atomic E-state index is -0.289. The van der Waals surface area contributed by atoms with Crippen LogP contribution in [0.5, 0.6) is 0 Å². The van der Waals surface area contributed by atoms with Crippen molar-refractivity contribution in [2.24, 2.45) is 5.92 Å². The molecule has 0 aromatic heterocycles. The highest BCUT2D eigenvalue weighted by atomic mass is 79.9. The maximum atomic E-state index is 9.10. The molecule has 5 heteroatoms. The molecular formula is C12H14BrClN2O. The van der Waals surface area contributed by atoms with Crippen LogP contribution in [0.3, 0.4) is 0 Å². The summed E-state index contributed by atoms with van der Waals surface area (Å²) in [7, 11) is 1.63. The van der Waals surface area contributed by atoms with Gasteiger partial charge >= 0.3 is 0 Å². The third-order valence-corrected chi connectivity index (χ3v) is 3.59. The van der Waals surface area contributed by atoms with Crippen LogP contribution in [0.4, 0.5) is 5.69 Å². The summed E-state index contributed by atoms with van der Waals surface area (Å²) in [5.74, 6) is 0.111. The molecule has 0 aliphatic carbocycles. The number of hydrogen-bond donors (Lipinski definition) is 1. The molecule has 3 nitrogen and oxygen atoms in total. The van der Waals surface area contributed by atoms with Gasteiger partial charge in [0.15, 0.2) is 0 Å². The molecule has 1 aromatic carbocycles. The Morgan fingerprint density at radius 2 is 2.29 bits per heavy atom. The molecule has 92 valence electrons. The Hall–Kier alpha value is -0.760. The van der Waals surface area contributed by atoms with E-state index in [-0.39, 0.29) is 12.0 Å². The van der Waals surface area contributed by atoms with Gasteiger partial charge < -0.3 is 10.1 Å². The van der Waals surface area contributed by atoms with Gasteiger partial charge in [0.2, 0.25) is 0 Å². The molecule has 0 bridgehead atoms. The summed E-state index contributed by atoms with van der Waals surface area (Å²) in [6.07, 6.45) is 0. The average molecular weight is 318 g/mol. The van der Waals surface area contributed by atoms with E-state index in [9.17, 15) is 0 Å². The quantitative estimate of drug-likeness (QED) is 0.901. The van der Waals surface area contributed by atoms with Gasteiger partial charge in [-0.05, 0) is 34.1 Å². The van der Waals surface area contributed by atoms with Gasteiger partial charge in [0.25, 0.3) is 0 Å². The second-order valence-electron chi connectivity index (χ2n) is 3.81. The predicted molar refractivity (Wildman–Crippen MR) is 73.2 cm³/mol. The summed E-state index contributed by atoms with van der Waals surface area (Å²) in [6, 6.07) is 7.42. The van der Waals surface area contributed by atoms with E-state index in [4.69, 9.17) is 21.6 Å². The molecule has 0 saturated heterocycles. The van der Waals surface area contributed by atoms with Gasteiger partial charge in [-0.2, -0.15) is 5.26 Å². The van der Waals surface area contributed by atoms with E-state index in [1.165, 1.54) is 0 Å². The lowest BCUT2D eigenvalue weighted by Gasteiger charge is -2.19. The number of rotatable bonds is 5. The van der Waals surface area contributed by atoms with Gasteiger partial charge in [-0.25, -0.2) is 0 Å². The molecule has 0 aliphatic heterocycles. The van der Waals surface area contributed by atoms with Crippen LogP contribution in [0.15, 0.2) is 22.7 Å². The lowest BCUT2D eigenvalue weighted by molar-refractivity contribution is 0.157. The van der Waals surface area contributed by atoms with Crippen molar-refractivity contribution in [3.8, 4) is 6.07 Å². The Labute approximate surface area is 115 Å². The first-order chi connectivity index (χ1) is 8.08. The molecular weight excluding hydrogens is 304 g/mol. The van der Waals surface area contributed by atoms with E-state index in [1.807, 2.05) is 19.1 Å². The molecule has 0 saturated carbocycles. The van der Waals surface area contributed by atoms with E-state index in [0.29, 0.717) is 11.6 Å². The van der Waals surface area contributed by atoms with Crippen molar-refractivity contribution in [3.05, 3.63) is 27.7 Å². The second-order valence-corrected chi connectivity index (χ2v) is 5.07. The lowest BCUT2D eigenvalue weighted by Crippen LogP contribution is -2.28. The van der Waals surface area contributed by atoms with E-state index in [1.54, 1.807) is 13.2 Å². The van der Waals surface area contributed by atoms with Gasteiger partial charge in [0.05, 0.1) is 17.7 Å². The van der Waals surface area contributed by atoms with Crippen LogP contribution in [0.2, 0.25) is 5.02 Å². The second kappa shape index (κ2) is 6.85. The van der Waals surface area contributed by atoms with E-state index in [0.717, 1.165) is 10.2 Å². The summed E-state index contributed by atoms with van der Waals surface area (Å²) >= 11 is 9.25. The number of benzene rings is 1. The first kappa shape index (κ1) is 14.3. The molecule has 0 amide bonds. The third-order valence-electron chi connectivity index (χ3n) is 2.38. The van der Waals surface area contributed by atoms with Crippen LogP contribution in [-0.4, -0.2) is 19.8 Å². The topological polar surface area (TPSA) is 45.0 Å². The maximum absolute atomic E-state index is 9.10. The number of halogens is 2. The van der Waals surface area contributed by atoms with Crippen molar-refractivity contribution >= 4 is 33.2 Å². The summed E-state index contributed by atoms with van der Waals surface area (Å²) in [5.41, 5.74) is 0.857. The first-order valence-corrected chi connectivity index (χ1v) is 6.35. The molecule has 1 aromatic rings. The normalized spacial score (nSPS) is 13.8. The van der Waals surface area contributed by atoms with Gasteiger partial charge in [0.1, 0.15) is 6.04 Å². The van der Waals surface area contributed by atoms with Crippen molar-refractivity contribution in [3.63, 3.8) is 0 Å². The monoisotopic (exact) mass is 316 g/mol. The number of anilines is 1. The number of nitrogens with zero attached hydrogens (tertiary/aromatic N) is 1. The van der Waals surface area contributed by atoms with Crippen LogP contribution in [-0.2, 0) is 4.74 Å². The molecule has 1 rings (SSSR count). The van der Waals surface area contributed by atoms with E-state index >= 15 is 0 Å². The van der Waals surface area contributed by atoms with E-state index in [2.05, 4.69) is 27.3 Å². The fourth-order valence-corrected chi connectivity index (χ4v) is 1.92. The molecule has 2 atom stereocenters. The Balaban J connectivity index is 2.74. The minimum absolute atomic E-state index is 0.111. The summed E-state index contributed by atoms with van der Waals surface area (Å²) in [6.45, 7) is 2.51. The highest BCUT2D eigenvalue weighted by Crippen LogP contribution is 2.26. The van der Waals surface area contributed by atoms with Crippen molar-refractivity contribution < 1.29 is 4.74 Å². The molecule has 1 N–H and O–H groups in total. The van der Waals surface area contributed by atoms with Gasteiger partial charge in [-0.3, -0.25) is 0 Å². The van der Waals surface area contributed by atoms with Gasteiger partial charge in [-0.1, -0.05) is 18.5 Å². The number of methoxy groups -OCH3 is 1. The Morgan fingerprint density at radius 3 is 2.82 bits per heavy atom. The van der Waals surface area contributed by atoms with Crippen molar-refractivity contribution in [2.75, 3.05) is 19.0 Å². The Bertz CT molecular complexity index is 419. The Kier molecular flexibility index (Phi) is 5.76. The smallest absolute Gasteiger partial charge is 0.119 e. The highest BCUT2D eigenvalue weighted by molar-refractivity contribution is 9.10. The molecule has 2 unspecified atom stereocenters. The largest absolute Gasteiger partial charge is 0.384 e. The summed E-state index contributed by atoms with van der Waals surface area (Å²) in [4.78, 5) is 0. The summed E-state index contributed by atoms with van der Waals surface area (Å²) in [5, 5.41) is 12.9. The van der Waals surface area contributed by atoms with Crippen molar-refractivity contribution in [1.29, 1.82) is 5.26 Å². The van der Waals surface area contributed by atoms with Crippen LogP contribution in [0, 0.1) is 17.2 Å². The highest BCUT2D eigenvalue weighted by Gasteiger charge is 2.16.